The first-order valence-corrected chi connectivity index (χ1v) is 7.71. The van der Waals surface area contributed by atoms with Gasteiger partial charge in [0.25, 0.3) is 0 Å². The van der Waals surface area contributed by atoms with Gasteiger partial charge in [-0.05, 0) is 49.9 Å². The molecule has 1 unspecified atom stereocenters. The zero-order valence-corrected chi connectivity index (χ0v) is 12.5. The summed E-state index contributed by atoms with van der Waals surface area (Å²) >= 11 is 0. The van der Waals surface area contributed by atoms with Crippen molar-refractivity contribution in [2.45, 2.75) is 43.8 Å². The number of amides is 2. The second kappa shape index (κ2) is 5.70. The maximum absolute atomic E-state index is 12.0. The first-order chi connectivity index (χ1) is 10.5. The molecule has 1 aromatic carbocycles. The van der Waals surface area contributed by atoms with Gasteiger partial charge < -0.3 is 16.8 Å². The van der Waals surface area contributed by atoms with E-state index in [1.54, 1.807) is 0 Å². The molecule has 1 aliphatic heterocycles. The van der Waals surface area contributed by atoms with Gasteiger partial charge in [-0.1, -0.05) is 12.1 Å². The van der Waals surface area contributed by atoms with E-state index in [2.05, 4.69) is 10.2 Å². The molecule has 1 heterocycles. The molecular weight excluding hydrogens is 280 g/mol. The summed E-state index contributed by atoms with van der Waals surface area (Å²) < 4.78 is 0. The van der Waals surface area contributed by atoms with Crippen LogP contribution in [0, 0.1) is 0 Å². The lowest BCUT2D eigenvalue weighted by atomic mass is 10.1. The molecule has 6 heteroatoms. The van der Waals surface area contributed by atoms with E-state index in [9.17, 15) is 9.59 Å². The summed E-state index contributed by atoms with van der Waals surface area (Å²) in [6, 6.07) is 7.48. The highest BCUT2D eigenvalue weighted by molar-refractivity contribution is 6.00. The van der Waals surface area contributed by atoms with Crippen LogP contribution in [0.1, 0.15) is 31.2 Å². The smallest absolute Gasteiger partial charge is 0.244 e. The van der Waals surface area contributed by atoms with Gasteiger partial charge in [-0.3, -0.25) is 14.5 Å². The Morgan fingerprint density at radius 1 is 1.36 bits per heavy atom. The lowest BCUT2D eigenvalue weighted by Crippen LogP contribution is -2.39. The third kappa shape index (κ3) is 3.13. The summed E-state index contributed by atoms with van der Waals surface area (Å²) in [6.07, 6.45) is 3.29. The number of nitrogens with two attached hydrogens (primary N) is 2. The number of hydrogen-bond acceptors (Lipinski definition) is 4. The van der Waals surface area contributed by atoms with Crippen LogP contribution in [-0.4, -0.2) is 34.8 Å². The number of carbonyl (C=O) groups excluding carboxylic acids is 2. The van der Waals surface area contributed by atoms with E-state index in [4.69, 9.17) is 11.5 Å². The van der Waals surface area contributed by atoms with Crippen molar-refractivity contribution in [3.8, 4) is 0 Å². The van der Waals surface area contributed by atoms with E-state index in [1.165, 1.54) is 0 Å². The molecule has 2 aliphatic rings. The zero-order chi connectivity index (χ0) is 15.7. The van der Waals surface area contributed by atoms with Crippen LogP contribution < -0.4 is 16.8 Å². The zero-order valence-electron chi connectivity index (χ0n) is 12.5. The molecule has 1 atom stereocenters. The van der Waals surface area contributed by atoms with Crippen LogP contribution in [0.5, 0.6) is 0 Å². The molecule has 6 nitrogen and oxygen atoms in total. The van der Waals surface area contributed by atoms with Crippen LogP contribution in [-0.2, 0) is 16.1 Å². The SMILES string of the molecule is NC(=O)C1CCCN1Cc1cccc(NC(=O)C2(N)CC2)c1. The van der Waals surface area contributed by atoms with E-state index >= 15 is 0 Å². The molecular formula is C16H22N4O2. The lowest BCUT2D eigenvalue weighted by Gasteiger charge is -2.22. The molecule has 0 radical (unpaired) electrons. The monoisotopic (exact) mass is 302 g/mol. The number of primary amides is 1. The number of benzene rings is 1. The van der Waals surface area contributed by atoms with Crippen molar-refractivity contribution >= 4 is 17.5 Å². The average molecular weight is 302 g/mol. The van der Waals surface area contributed by atoms with Gasteiger partial charge in [0.15, 0.2) is 0 Å². The molecule has 3 rings (SSSR count). The third-order valence-electron chi connectivity index (χ3n) is 4.50. The van der Waals surface area contributed by atoms with Gasteiger partial charge in [-0.25, -0.2) is 0 Å². The molecule has 1 saturated heterocycles. The van der Waals surface area contributed by atoms with E-state index in [1.807, 2.05) is 24.3 Å². The summed E-state index contributed by atoms with van der Waals surface area (Å²) in [7, 11) is 0. The molecule has 1 aromatic rings. The molecule has 5 N–H and O–H groups in total. The third-order valence-corrected chi connectivity index (χ3v) is 4.50. The van der Waals surface area contributed by atoms with Crippen molar-refractivity contribution < 1.29 is 9.59 Å². The first-order valence-electron chi connectivity index (χ1n) is 7.71. The van der Waals surface area contributed by atoms with Crippen molar-refractivity contribution in [1.82, 2.24) is 4.90 Å². The Balaban J connectivity index is 1.66. The quantitative estimate of drug-likeness (QED) is 0.740. The number of likely N-dealkylation sites (tertiary alicyclic amines) is 1. The molecule has 0 bridgehead atoms. The van der Waals surface area contributed by atoms with Gasteiger partial charge in [0, 0.05) is 12.2 Å². The maximum Gasteiger partial charge on any atom is 0.244 e. The molecule has 1 saturated carbocycles. The second-order valence-electron chi connectivity index (χ2n) is 6.34. The molecule has 0 aromatic heterocycles. The van der Waals surface area contributed by atoms with Crippen molar-refractivity contribution in [2.24, 2.45) is 11.5 Å². The van der Waals surface area contributed by atoms with Crippen LogP contribution in [0.2, 0.25) is 0 Å². The largest absolute Gasteiger partial charge is 0.368 e. The van der Waals surface area contributed by atoms with E-state index in [0.29, 0.717) is 6.54 Å². The Morgan fingerprint density at radius 2 is 2.14 bits per heavy atom. The maximum atomic E-state index is 12.0. The van der Waals surface area contributed by atoms with Crippen LogP contribution in [0.4, 0.5) is 5.69 Å². The normalized spacial score (nSPS) is 23.2. The Kier molecular flexibility index (Phi) is 3.88. The summed E-state index contributed by atoms with van der Waals surface area (Å²) in [5.74, 6) is -0.387. The van der Waals surface area contributed by atoms with E-state index < -0.39 is 5.54 Å². The predicted octanol–water partition coefficient (Wildman–Crippen LogP) is 0.566. The van der Waals surface area contributed by atoms with Crippen molar-refractivity contribution in [3.05, 3.63) is 29.8 Å². The summed E-state index contributed by atoms with van der Waals surface area (Å²) in [5.41, 5.74) is 12.4. The highest BCUT2D eigenvalue weighted by atomic mass is 16.2. The number of anilines is 1. The number of nitrogens with one attached hydrogen (secondary N) is 1. The van der Waals surface area contributed by atoms with Crippen molar-refractivity contribution in [2.75, 3.05) is 11.9 Å². The standard InChI is InChI=1S/C16H22N4O2/c17-14(21)13-5-2-8-20(13)10-11-3-1-4-12(9-11)19-15(22)16(18)6-7-16/h1,3-4,9,13H,2,5-8,10,18H2,(H2,17,21)(H,19,22). The van der Waals surface area contributed by atoms with Gasteiger partial charge >= 0.3 is 0 Å². The van der Waals surface area contributed by atoms with E-state index in [-0.39, 0.29) is 17.9 Å². The Bertz CT molecular complexity index is 598. The predicted molar refractivity (Wildman–Crippen MR) is 83.9 cm³/mol. The van der Waals surface area contributed by atoms with Gasteiger partial charge in [-0.15, -0.1) is 0 Å². The molecule has 22 heavy (non-hydrogen) atoms. The summed E-state index contributed by atoms with van der Waals surface area (Å²) in [4.78, 5) is 25.5. The minimum absolute atomic E-state index is 0.124. The van der Waals surface area contributed by atoms with Gasteiger partial charge in [0.05, 0.1) is 11.6 Å². The van der Waals surface area contributed by atoms with Gasteiger partial charge in [0.2, 0.25) is 11.8 Å². The second-order valence-corrected chi connectivity index (χ2v) is 6.34. The Morgan fingerprint density at radius 3 is 2.82 bits per heavy atom. The van der Waals surface area contributed by atoms with Crippen molar-refractivity contribution in [1.29, 1.82) is 0 Å². The van der Waals surface area contributed by atoms with Gasteiger partial charge in [0.1, 0.15) is 0 Å². The molecule has 2 fully saturated rings. The number of nitrogens with zero attached hydrogens (tertiary/aromatic N) is 1. The fraction of sp³-hybridized carbons (Fsp3) is 0.500. The number of hydrogen-bond donors (Lipinski definition) is 3. The van der Waals surface area contributed by atoms with E-state index in [0.717, 1.165) is 43.5 Å². The topological polar surface area (TPSA) is 101 Å². The highest BCUT2D eigenvalue weighted by Crippen LogP contribution is 2.33. The van der Waals surface area contributed by atoms with Crippen LogP contribution >= 0.6 is 0 Å². The number of rotatable bonds is 5. The fourth-order valence-corrected chi connectivity index (χ4v) is 2.94. The van der Waals surface area contributed by atoms with Crippen LogP contribution in [0.25, 0.3) is 0 Å². The van der Waals surface area contributed by atoms with Gasteiger partial charge in [-0.2, -0.15) is 0 Å². The minimum Gasteiger partial charge on any atom is -0.368 e. The lowest BCUT2D eigenvalue weighted by molar-refractivity contribution is -0.122. The van der Waals surface area contributed by atoms with Crippen LogP contribution in [0.15, 0.2) is 24.3 Å². The summed E-state index contributed by atoms with van der Waals surface area (Å²) in [6.45, 7) is 1.53. The molecule has 118 valence electrons. The Hall–Kier alpha value is -1.92. The highest BCUT2D eigenvalue weighted by Gasteiger charge is 2.45. The molecule has 0 spiro atoms. The average Bonchev–Trinajstić information content (AvgIpc) is 3.06. The minimum atomic E-state index is -0.679. The van der Waals surface area contributed by atoms with Crippen molar-refractivity contribution in [3.63, 3.8) is 0 Å². The molecule has 1 aliphatic carbocycles. The van der Waals surface area contributed by atoms with Crippen LogP contribution in [0.3, 0.4) is 0 Å². The molecule has 2 amide bonds. The number of carbonyl (C=O) groups is 2. The Labute approximate surface area is 129 Å². The fourth-order valence-electron chi connectivity index (χ4n) is 2.94. The first kappa shape index (κ1) is 15.0. The summed E-state index contributed by atoms with van der Waals surface area (Å²) in [5, 5.41) is 2.87.